The molecule has 1 aliphatic rings. The summed E-state index contributed by atoms with van der Waals surface area (Å²) < 4.78 is 10.6. The van der Waals surface area contributed by atoms with Crippen molar-refractivity contribution in [3.8, 4) is 11.5 Å². The summed E-state index contributed by atoms with van der Waals surface area (Å²) in [5.74, 6) is 0.440. The van der Waals surface area contributed by atoms with Crippen molar-refractivity contribution >= 4 is 28.9 Å². The van der Waals surface area contributed by atoms with Crippen molar-refractivity contribution in [2.75, 3.05) is 31.0 Å². The van der Waals surface area contributed by atoms with E-state index in [2.05, 4.69) is 10.6 Å². The Hall–Kier alpha value is -4.44. The molecule has 180 valence electrons. The van der Waals surface area contributed by atoms with E-state index in [0.29, 0.717) is 28.4 Å². The van der Waals surface area contributed by atoms with E-state index in [1.54, 1.807) is 66.5 Å². The second-order valence-electron chi connectivity index (χ2n) is 8.06. The zero-order chi connectivity index (χ0) is 24.9. The van der Waals surface area contributed by atoms with E-state index in [1.165, 1.54) is 12.1 Å². The van der Waals surface area contributed by atoms with Gasteiger partial charge in [0.1, 0.15) is 0 Å². The predicted molar refractivity (Wildman–Crippen MR) is 130 cm³/mol. The number of likely N-dealkylation sites (N-methyl/N-ethyl adjacent to an activating group) is 1. The van der Waals surface area contributed by atoms with Crippen LogP contribution in [-0.4, -0.2) is 42.0 Å². The lowest BCUT2D eigenvalue weighted by Crippen LogP contribution is -2.32. The summed E-state index contributed by atoms with van der Waals surface area (Å²) in [6, 6.07) is 17.9. The molecular weight excluding hydrogens is 452 g/mol. The molecule has 3 aromatic carbocycles. The first-order valence-corrected chi connectivity index (χ1v) is 10.9. The van der Waals surface area contributed by atoms with Crippen LogP contribution < -0.4 is 20.1 Å². The summed E-state index contributed by atoms with van der Waals surface area (Å²) in [6.07, 6.45) is 0. The van der Waals surface area contributed by atoms with Gasteiger partial charge in [0.15, 0.2) is 11.5 Å². The molecule has 0 unspecified atom stereocenters. The van der Waals surface area contributed by atoms with Crippen LogP contribution in [0.5, 0.6) is 11.5 Å². The number of nitrogens with one attached hydrogen (secondary N) is 2. The molecule has 3 aromatic rings. The van der Waals surface area contributed by atoms with Gasteiger partial charge in [-0.1, -0.05) is 24.3 Å². The van der Waals surface area contributed by atoms with E-state index in [4.69, 9.17) is 9.47 Å². The molecule has 10 heteroatoms. The third-order valence-electron chi connectivity index (χ3n) is 5.69. The molecule has 2 N–H and O–H groups in total. The fraction of sp³-hybridized carbons (Fsp3) is 0.200. The number of nitrogens with zero attached hydrogens (tertiary/aromatic N) is 2. The SMILES string of the molecule is C[C@@H](c1cccc([N+](=O)[O-])c1)N(C)CC(=O)Nc1ccccc1C(=O)Nc1ccc2c(c1)OCO2. The fourth-order valence-corrected chi connectivity index (χ4v) is 3.67. The minimum Gasteiger partial charge on any atom is -0.454 e. The molecule has 35 heavy (non-hydrogen) atoms. The van der Waals surface area contributed by atoms with Crippen LogP contribution in [0.4, 0.5) is 17.1 Å². The number of hydrogen-bond donors (Lipinski definition) is 2. The third-order valence-corrected chi connectivity index (χ3v) is 5.69. The highest BCUT2D eigenvalue weighted by Crippen LogP contribution is 2.34. The molecule has 0 fully saturated rings. The van der Waals surface area contributed by atoms with E-state index in [0.717, 1.165) is 5.56 Å². The summed E-state index contributed by atoms with van der Waals surface area (Å²) in [4.78, 5) is 38.1. The molecule has 0 bridgehead atoms. The first-order valence-electron chi connectivity index (χ1n) is 10.9. The van der Waals surface area contributed by atoms with E-state index in [9.17, 15) is 19.7 Å². The molecule has 0 saturated heterocycles. The molecule has 2 amide bonds. The Morgan fingerprint density at radius 3 is 2.60 bits per heavy atom. The molecule has 1 heterocycles. The number of ether oxygens (including phenoxy) is 2. The highest BCUT2D eigenvalue weighted by atomic mass is 16.7. The average molecular weight is 476 g/mol. The monoisotopic (exact) mass is 476 g/mol. The molecule has 10 nitrogen and oxygen atoms in total. The smallest absolute Gasteiger partial charge is 0.269 e. The summed E-state index contributed by atoms with van der Waals surface area (Å²) in [6.45, 7) is 2.01. The van der Waals surface area contributed by atoms with Gasteiger partial charge in [0.2, 0.25) is 12.7 Å². The van der Waals surface area contributed by atoms with Gasteiger partial charge in [-0.15, -0.1) is 0 Å². The summed E-state index contributed by atoms with van der Waals surface area (Å²) in [5.41, 5.74) is 1.92. The number of carbonyl (C=O) groups is 2. The molecule has 0 spiro atoms. The quantitative estimate of drug-likeness (QED) is 0.369. The Kier molecular flexibility index (Phi) is 6.93. The lowest BCUT2D eigenvalue weighted by molar-refractivity contribution is -0.384. The number of rotatable bonds is 8. The number of nitro benzene ring substituents is 1. The van der Waals surface area contributed by atoms with Gasteiger partial charge in [-0.25, -0.2) is 0 Å². The molecule has 1 aliphatic heterocycles. The summed E-state index contributed by atoms with van der Waals surface area (Å²) in [7, 11) is 1.75. The van der Waals surface area contributed by atoms with E-state index < -0.39 is 10.8 Å². The summed E-state index contributed by atoms with van der Waals surface area (Å²) >= 11 is 0. The Labute approximate surface area is 201 Å². The molecule has 1 atom stereocenters. The van der Waals surface area contributed by atoms with Gasteiger partial charge in [-0.2, -0.15) is 0 Å². The number of fused-ring (bicyclic) bond motifs is 1. The van der Waals surface area contributed by atoms with Gasteiger partial charge in [0, 0.05) is 29.9 Å². The number of nitro groups is 1. The number of hydrogen-bond acceptors (Lipinski definition) is 7. The zero-order valence-corrected chi connectivity index (χ0v) is 19.2. The van der Waals surface area contributed by atoms with Crippen molar-refractivity contribution in [3.05, 3.63) is 88.0 Å². The van der Waals surface area contributed by atoms with Crippen LogP contribution in [0, 0.1) is 10.1 Å². The van der Waals surface area contributed by atoms with Crippen molar-refractivity contribution in [1.29, 1.82) is 0 Å². The van der Waals surface area contributed by atoms with Crippen molar-refractivity contribution < 1.29 is 24.0 Å². The molecule has 0 aromatic heterocycles. The van der Waals surface area contributed by atoms with Crippen LogP contribution in [0.3, 0.4) is 0 Å². The van der Waals surface area contributed by atoms with Crippen molar-refractivity contribution in [2.45, 2.75) is 13.0 Å². The van der Waals surface area contributed by atoms with Gasteiger partial charge < -0.3 is 20.1 Å². The van der Waals surface area contributed by atoms with E-state index in [1.807, 2.05) is 6.92 Å². The Morgan fingerprint density at radius 1 is 1.03 bits per heavy atom. The lowest BCUT2D eigenvalue weighted by atomic mass is 10.1. The number of amides is 2. The molecule has 0 aliphatic carbocycles. The second kappa shape index (κ2) is 10.2. The van der Waals surface area contributed by atoms with Crippen LogP contribution in [-0.2, 0) is 4.79 Å². The molecular formula is C25H24N4O6. The average Bonchev–Trinajstić information content (AvgIpc) is 3.31. The van der Waals surface area contributed by atoms with Crippen LogP contribution in [0.1, 0.15) is 28.9 Å². The number of carbonyl (C=O) groups excluding carboxylic acids is 2. The lowest BCUT2D eigenvalue weighted by Gasteiger charge is -2.24. The molecule has 0 saturated carbocycles. The first-order chi connectivity index (χ1) is 16.8. The standard InChI is InChI=1S/C25H24N4O6/c1-16(17-6-5-7-19(12-17)29(32)33)28(2)14-24(30)27-21-9-4-3-8-20(21)25(31)26-18-10-11-22-23(13-18)35-15-34-22/h3-13,16H,14-15H2,1-2H3,(H,26,31)(H,27,30)/t16-/m0/s1. The maximum Gasteiger partial charge on any atom is 0.269 e. The van der Waals surface area contributed by atoms with Gasteiger partial charge in [0.05, 0.1) is 22.7 Å². The van der Waals surface area contributed by atoms with E-state index in [-0.39, 0.29) is 31.0 Å². The van der Waals surface area contributed by atoms with Gasteiger partial charge in [-0.05, 0) is 43.8 Å². The van der Waals surface area contributed by atoms with Gasteiger partial charge in [-0.3, -0.25) is 24.6 Å². The number of anilines is 2. The second-order valence-corrected chi connectivity index (χ2v) is 8.06. The van der Waals surface area contributed by atoms with Crippen LogP contribution in [0.25, 0.3) is 0 Å². The fourth-order valence-electron chi connectivity index (χ4n) is 3.67. The van der Waals surface area contributed by atoms with Crippen LogP contribution >= 0.6 is 0 Å². The van der Waals surface area contributed by atoms with Gasteiger partial charge >= 0.3 is 0 Å². The summed E-state index contributed by atoms with van der Waals surface area (Å²) in [5, 5.41) is 16.7. The number of para-hydroxylation sites is 1. The van der Waals surface area contributed by atoms with Crippen LogP contribution in [0.2, 0.25) is 0 Å². The zero-order valence-electron chi connectivity index (χ0n) is 19.2. The first kappa shape index (κ1) is 23.7. The van der Waals surface area contributed by atoms with E-state index >= 15 is 0 Å². The minimum absolute atomic E-state index is 0.00500. The van der Waals surface area contributed by atoms with Crippen molar-refractivity contribution in [3.63, 3.8) is 0 Å². The number of non-ortho nitro benzene ring substituents is 1. The highest BCUT2D eigenvalue weighted by molar-refractivity contribution is 6.10. The molecule has 0 radical (unpaired) electrons. The Balaban J connectivity index is 1.41. The minimum atomic E-state index is -0.450. The number of benzene rings is 3. The topological polar surface area (TPSA) is 123 Å². The Bertz CT molecular complexity index is 1280. The Morgan fingerprint density at radius 2 is 1.80 bits per heavy atom. The maximum atomic E-state index is 12.9. The van der Waals surface area contributed by atoms with Crippen molar-refractivity contribution in [1.82, 2.24) is 4.90 Å². The molecule has 4 rings (SSSR count). The largest absolute Gasteiger partial charge is 0.454 e. The van der Waals surface area contributed by atoms with Gasteiger partial charge in [0.25, 0.3) is 11.6 Å². The van der Waals surface area contributed by atoms with Crippen molar-refractivity contribution in [2.24, 2.45) is 0 Å². The highest BCUT2D eigenvalue weighted by Gasteiger charge is 2.20. The van der Waals surface area contributed by atoms with Crippen LogP contribution in [0.15, 0.2) is 66.7 Å². The third kappa shape index (κ3) is 5.56. The maximum absolute atomic E-state index is 12.9. The predicted octanol–water partition coefficient (Wildman–Crippen LogP) is 4.21. The normalized spacial score (nSPS) is 12.8.